The highest BCUT2D eigenvalue weighted by molar-refractivity contribution is 6.47. The zero-order valence-corrected chi connectivity index (χ0v) is 9.40. The van der Waals surface area contributed by atoms with E-state index in [9.17, 15) is 4.79 Å². The lowest BCUT2D eigenvalue weighted by molar-refractivity contribution is -0.147. The second-order valence-electron chi connectivity index (χ2n) is 4.11. The Hall–Kier alpha value is -0.625. The van der Waals surface area contributed by atoms with Crippen LogP contribution in [0.1, 0.15) is 6.92 Å². The van der Waals surface area contributed by atoms with Crippen LogP contribution in [0.25, 0.3) is 0 Å². The van der Waals surface area contributed by atoms with Crippen LogP contribution in [0.15, 0.2) is 0 Å². The smallest absolute Gasteiger partial charge is 0.508 e. The van der Waals surface area contributed by atoms with Crippen LogP contribution in [0.2, 0.25) is 6.32 Å². The molecule has 6 nitrogen and oxygen atoms in total. The summed E-state index contributed by atoms with van der Waals surface area (Å²) in [5.74, 6) is -0.444. The summed E-state index contributed by atoms with van der Waals surface area (Å²) in [6, 6.07) is 0. The van der Waals surface area contributed by atoms with E-state index in [0.29, 0.717) is 32.6 Å². The van der Waals surface area contributed by atoms with Gasteiger partial charge in [0.25, 0.3) is 0 Å². The zero-order chi connectivity index (χ0) is 11.6. The van der Waals surface area contributed by atoms with Crippen molar-refractivity contribution in [2.45, 2.75) is 24.9 Å². The van der Waals surface area contributed by atoms with Crippen LogP contribution in [-0.4, -0.2) is 51.0 Å². The molecule has 0 aromatic rings. The summed E-state index contributed by atoms with van der Waals surface area (Å²) in [6.45, 7) is 3.81. The number of hydrogen-bond donors (Lipinski definition) is 2. The van der Waals surface area contributed by atoms with E-state index in [4.69, 9.17) is 19.8 Å². The Morgan fingerprint density at radius 1 is 1.75 bits per heavy atom. The Balaban J connectivity index is 2.07. The summed E-state index contributed by atoms with van der Waals surface area (Å²) in [4.78, 5) is 11.9. The summed E-state index contributed by atoms with van der Waals surface area (Å²) in [5, 5.41) is 3.05. The van der Waals surface area contributed by atoms with Crippen LogP contribution >= 0.6 is 0 Å². The number of rotatable bonds is 2. The molecule has 0 bridgehead atoms. The minimum absolute atomic E-state index is 0.303. The fourth-order valence-corrected chi connectivity index (χ4v) is 2.02. The first-order valence-electron chi connectivity index (χ1n) is 5.60. The molecule has 7 heteroatoms. The largest absolute Gasteiger partial charge is 0.529 e. The van der Waals surface area contributed by atoms with Crippen molar-refractivity contribution in [1.29, 1.82) is 0 Å². The van der Waals surface area contributed by atoms with Gasteiger partial charge < -0.3 is 25.1 Å². The van der Waals surface area contributed by atoms with E-state index in [2.05, 4.69) is 5.32 Å². The van der Waals surface area contributed by atoms with Crippen molar-refractivity contribution in [2.24, 2.45) is 5.73 Å². The van der Waals surface area contributed by atoms with Crippen LogP contribution in [0, 0.1) is 0 Å². The molecule has 0 aromatic carbocycles. The molecule has 2 fully saturated rings. The van der Waals surface area contributed by atoms with Crippen molar-refractivity contribution < 1.29 is 18.8 Å². The molecule has 2 aliphatic rings. The third kappa shape index (κ3) is 2.08. The molecule has 2 heterocycles. The Bertz CT molecular complexity index is 278. The molecule has 16 heavy (non-hydrogen) atoms. The number of fused-ring (bicyclic) bond motifs is 1. The summed E-state index contributed by atoms with van der Waals surface area (Å²) in [7, 11) is -0.542. The average Bonchev–Trinajstić information content (AvgIpc) is 2.60. The van der Waals surface area contributed by atoms with Crippen LogP contribution in [0.4, 0.5) is 0 Å². The molecule has 90 valence electrons. The highest BCUT2D eigenvalue weighted by atomic mass is 16.6. The molecule has 0 spiro atoms. The maximum Gasteiger partial charge on any atom is 0.529 e. The Morgan fingerprint density at radius 3 is 3.31 bits per heavy atom. The lowest BCUT2D eigenvalue weighted by Crippen LogP contribution is -2.61. The molecule has 0 saturated carbocycles. The number of hydrogen-bond acceptors (Lipinski definition) is 6. The average molecular weight is 228 g/mol. The van der Waals surface area contributed by atoms with Gasteiger partial charge >= 0.3 is 13.1 Å². The Morgan fingerprint density at radius 2 is 2.56 bits per heavy atom. The van der Waals surface area contributed by atoms with Gasteiger partial charge in [-0.3, -0.25) is 4.79 Å². The number of carbonyl (C=O) groups excluding carboxylic acids is 1. The van der Waals surface area contributed by atoms with Crippen LogP contribution in [-0.2, 0) is 18.8 Å². The van der Waals surface area contributed by atoms with Gasteiger partial charge in [-0.15, -0.1) is 0 Å². The van der Waals surface area contributed by atoms with Crippen molar-refractivity contribution in [3.05, 3.63) is 0 Å². The van der Waals surface area contributed by atoms with E-state index in [1.54, 1.807) is 0 Å². The monoisotopic (exact) mass is 228 g/mol. The van der Waals surface area contributed by atoms with Gasteiger partial charge in [0, 0.05) is 32.6 Å². The van der Waals surface area contributed by atoms with E-state index >= 15 is 0 Å². The highest BCUT2D eigenvalue weighted by Crippen LogP contribution is 2.21. The molecule has 0 aromatic heterocycles. The standard InChI is InChI=1S/C9H17BN2O4/c1-2-15-10-3-4-14-7-5-12-6-9(7,11)8(13)16-10/h7,12H,2-6,11H2,1H3. The Labute approximate surface area is 94.9 Å². The number of nitrogens with two attached hydrogens (primary N) is 1. The molecule has 0 aliphatic carbocycles. The maximum atomic E-state index is 11.9. The second-order valence-corrected chi connectivity index (χ2v) is 4.11. The molecule has 2 aliphatic heterocycles. The van der Waals surface area contributed by atoms with Gasteiger partial charge in [0.2, 0.25) is 0 Å². The summed E-state index contributed by atoms with van der Waals surface area (Å²) >= 11 is 0. The minimum atomic E-state index is -1.07. The third-order valence-electron chi connectivity index (χ3n) is 2.97. The number of ether oxygens (including phenoxy) is 1. The van der Waals surface area contributed by atoms with Crippen LogP contribution in [0.3, 0.4) is 0 Å². The zero-order valence-electron chi connectivity index (χ0n) is 9.40. The highest BCUT2D eigenvalue weighted by Gasteiger charge is 2.50. The van der Waals surface area contributed by atoms with Gasteiger partial charge in [-0.1, -0.05) is 0 Å². The number of nitrogens with one attached hydrogen (secondary N) is 1. The first kappa shape index (κ1) is 11.8. The first-order chi connectivity index (χ1) is 7.66. The summed E-state index contributed by atoms with van der Waals surface area (Å²) in [6.07, 6.45) is 0.245. The van der Waals surface area contributed by atoms with Gasteiger partial charge in [0.05, 0.1) is 6.10 Å². The molecular weight excluding hydrogens is 211 g/mol. The van der Waals surface area contributed by atoms with Crippen molar-refractivity contribution in [1.82, 2.24) is 5.32 Å². The third-order valence-corrected chi connectivity index (χ3v) is 2.97. The molecule has 2 rings (SSSR count). The molecule has 2 atom stereocenters. The van der Waals surface area contributed by atoms with Crippen molar-refractivity contribution >= 4 is 13.1 Å². The van der Waals surface area contributed by atoms with E-state index < -0.39 is 18.6 Å². The van der Waals surface area contributed by atoms with Gasteiger partial charge in [0.15, 0.2) is 5.54 Å². The van der Waals surface area contributed by atoms with E-state index in [1.807, 2.05) is 6.92 Å². The lowest BCUT2D eigenvalue weighted by atomic mass is 9.83. The topological polar surface area (TPSA) is 82.8 Å². The molecule has 3 N–H and O–H groups in total. The van der Waals surface area contributed by atoms with E-state index in [1.165, 1.54) is 0 Å². The molecule has 2 saturated heterocycles. The molecule has 0 radical (unpaired) electrons. The summed E-state index contributed by atoms with van der Waals surface area (Å²) < 4.78 is 16.1. The van der Waals surface area contributed by atoms with Crippen LogP contribution in [0.5, 0.6) is 0 Å². The first-order valence-corrected chi connectivity index (χ1v) is 5.60. The molecular formula is C9H17BN2O4. The predicted molar refractivity (Wildman–Crippen MR) is 57.8 cm³/mol. The quantitative estimate of drug-likeness (QED) is 0.575. The summed E-state index contributed by atoms with van der Waals surface area (Å²) in [5.41, 5.74) is 4.94. The van der Waals surface area contributed by atoms with Gasteiger partial charge in [-0.05, 0) is 6.92 Å². The van der Waals surface area contributed by atoms with Crippen molar-refractivity contribution in [3.8, 4) is 0 Å². The fourth-order valence-electron chi connectivity index (χ4n) is 2.02. The predicted octanol–water partition coefficient (Wildman–Crippen LogP) is -1.25. The molecule has 2 unspecified atom stereocenters. The van der Waals surface area contributed by atoms with Crippen molar-refractivity contribution in [2.75, 3.05) is 26.3 Å². The normalized spacial score (nSPS) is 35.2. The van der Waals surface area contributed by atoms with Gasteiger partial charge in [0.1, 0.15) is 0 Å². The van der Waals surface area contributed by atoms with Gasteiger partial charge in [-0.2, -0.15) is 0 Å². The van der Waals surface area contributed by atoms with E-state index in [-0.39, 0.29) is 6.10 Å². The van der Waals surface area contributed by atoms with E-state index in [0.717, 1.165) is 0 Å². The SMILES string of the molecule is CCOB1CCOC2CNCC2(N)C(=O)O1. The van der Waals surface area contributed by atoms with Crippen molar-refractivity contribution in [3.63, 3.8) is 0 Å². The van der Waals surface area contributed by atoms with Gasteiger partial charge in [-0.25, -0.2) is 0 Å². The minimum Gasteiger partial charge on any atom is -0.508 e. The lowest BCUT2D eigenvalue weighted by Gasteiger charge is -2.31. The fraction of sp³-hybridized carbons (Fsp3) is 0.889. The Kier molecular flexibility index (Phi) is 3.49. The second kappa shape index (κ2) is 4.71. The number of carbonyl (C=O) groups is 1. The molecule has 0 amide bonds. The maximum absolute atomic E-state index is 11.9. The van der Waals surface area contributed by atoms with Crippen LogP contribution < -0.4 is 11.1 Å².